The molecule has 4 nitrogen and oxygen atoms in total. The lowest BCUT2D eigenvalue weighted by molar-refractivity contribution is 0.0600. The second kappa shape index (κ2) is 4.03. The molecule has 0 aliphatic rings. The zero-order chi connectivity index (χ0) is 10.7. The highest BCUT2D eigenvalue weighted by molar-refractivity contribution is 6.32. The highest BCUT2D eigenvalue weighted by Crippen LogP contribution is 2.17. The Balaban J connectivity index is 3.30. The molecule has 0 aromatic carbocycles. The van der Waals surface area contributed by atoms with Crippen molar-refractivity contribution in [2.75, 3.05) is 7.11 Å². The third kappa shape index (κ3) is 1.80. The SMILES string of the molecule is COC(=O)c1cc(F)c(C#N)nc1Cl. The average Bonchev–Trinajstić information content (AvgIpc) is 2.19. The number of carbonyl (C=O) groups excluding carboxylic acids is 1. The van der Waals surface area contributed by atoms with E-state index in [1.54, 1.807) is 0 Å². The molecule has 0 unspecified atom stereocenters. The molecule has 0 fully saturated rings. The summed E-state index contributed by atoms with van der Waals surface area (Å²) in [6.07, 6.45) is 0. The Bertz CT molecular complexity index is 428. The summed E-state index contributed by atoms with van der Waals surface area (Å²) in [5.41, 5.74) is -0.659. The zero-order valence-corrected chi connectivity index (χ0v) is 7.80. The van der Waals surface area contributed by atoms with Gasteiger partial charge in [-0.15, -0.1) is 0 Å². The number of nitrogens with zero attached hydrogens (tertiary/aromatic N) is 2. The number of esters is 1. The van der Waals surface area contributed by atoms with Crippen molar-refractivity contribution < 1.29 is 13.9 Å². The second-order valence-electron chi connectivity index (χ2n) is 2.26. The predicted molar refractivity (Wildman–Crippen MR) is 45.3 cm³/mol. The highest BCUT2D eigenvalue weighted by Gasteiger charge is 2.16. The molecule has 0 radical (unpaired) electrons. The van der Waals surface area contributed by atoms with Gasteiger partial charge in [0.05, 0.1) is 12.7 Å². The van der Waals surface area contributed by atoms with E-state index in [0.29, 0.717) is 0 Å². The number of rotatable bonds is 1. The lowest BCUT2D eigenvalue weighted by atomic mass is 10.2. The number of pyridine rings is 1. The van der Waals surface area contributed by atoms with E-state index in [1.807, 2.05) is 0 Å². The van der Waals surface area contributed by atoms with E-state index in [0.717, 1.165) is 13.2 Å². The smallest absolute Gasteiger partial charge is 0.341 e. The van der Waals surface area contributed by atoms with Crippen LogP contribution in [0.25, 0.3) is 0 Å². The van der Waals surface area contributed by atoms with Crippen molar-refractivity contribution in [3.05, 3.63) is 28.3 Å². The number of aromatic nitrogens is 1. The summed E-state index contributed by atoms with van der Waals surface area (Å²) in [7, 11) is 1.13. The van der Waals surface area contributed by atoms with Crippen LogP contribution in [-0.2, 0) is 4.74 Å². The summed E-state index contributed by atoms with van der Waals surface area (Å²) >= 11 is 5.52. The van der Waals surface area contributed by atoms with E-state index in [1.165, 1.54) is 6.07 Å². The van der Waals surface area contributed by atoms with E-state index < -0.39 is 17.5 Å². The number of methoxy groups -OCH3 is 1. The van der Waals surface area contributed by atoms with E-state index >= 15 is 0 Å². The van der Waals surface area contributed by atoms with E-state index in [9.17, 15) is 9.18 Å². The minimum atomic E-state index is -0.905. The minimum Gasteiger partial charge on any atom is -0.465 e. The maximum Gasteiger partial charge on any atom is 0.341 e. The first-order chi connectivity index (χ1) is 6.60. The fraction of sp³-hybridized carbons (Fsp3) is 0.125. The molecular formula is C8H4ClFN2O2. The van der Waals surface area contributed by atoms with Crippen LogP contribution in [0.3, 0.4) is 0 Å². The number of ether oxygens (including phenoxy) is 1. The summed E-state index contributed by atoms with van der Waals surface area (Å²) in [6, 6.07) is 2.32. The fourth-order valence-electron chi connectivity index (χ4n) is 0.798. The Kier molecular flexibility index (Phi) is 2.99. The standard InChI is InChI=1S/C8H4ClFN2O2/c1-14-8(13)4-2-5(10)6(3-11)12-7(4)9/h2H,1H3. The van der Waals surface area contributed by atoms with Gasteiger partial charge in [0.1, 0.15) is 11.2 Å². The van der Waals surface area contributed by atoms with Crippen molar-refractivity contribution in [2.45, 2.75) is 0 Å². The van der Waals surface area contributed by atoms with Crippen LogP contribution >= 0.6 is 11.6 Å². The van der Waals surface area contributed by atoms with E-state index in [2.05, 4.69) is 9.72 Å². The van der Waals surface area contributed by atoms with Crippen LogP contribution in [0, 0.1) is 17.1 Å². The molecular weight excluding hydrogens is 211 g/mol. The van der Waals surface area contributed by atoms with Crippen LogP contribution < -0.4 is 0 Å². The lowest BCUT2D eigenvalue weighted by Gasteiger charge is -2.01. The Hall–Kier alpha value is -1.67. The van der Waals surface area contributed by atoms with Gasteiger partial charge in [-0.1, -0.05) is 11.6 Å². The highest BCUT2D eigenvalue weighted by atomic mass is 35.5. The molecule has 0 bridgehead atoms. The number of halogens is 2. The summed E-state index contributed by atoms with van der Waals surface area (Å²) in [5, 5.41) is 8.15. The number of carbonyl (C=O) groups is 1. The maximum atomic E-state index is 13.0. The largest absolute Gasteiger partial charge is 0.465 e. The molecule has 0 aliphatic heterocycles. The topological polar surface area (TPSA) is 63.0 Å². The average molecular weight is 215 g/mol. The molecule has 1 aromatic heterocycles. The molecule has 0 atom stereocenters. The van der Waals surface area contributed by atoms with Crippen molar-refractivity contribution in [1.29, 1.82) is 5.26 Å². The van der Waals surface area contributed by atoms with Gasteiger partial charge in [0.2, 0.25) is 0 Å². The fourth-order valence-corrected chi connectivity index (χ4v) is 1.01. The molecule has 0 aliphatic carbocycles. The van der Waals surface area contributed by atoms with Gasteiger partial charge >= 0.3 is 5.97 Å². The molecule has 14 heavy (non-hydrogen) atoms. The zero-order valence-electron chi connectivity index (χ0n) is 7.04. The van der Waals surface area contributed by atoms with Crippen molar-refractivity contribution >= 4 is 17.6 Å². The molecule has 0 spiro atoms. The Labute approximate surface area is 83.9 Å². The first-order valence-electron chi connectivity index (χ1n) is 3.44. The van der Waals surface area contributed by atoms with Crippen LogP contribution in [0.5, 0.6) is 0 Å². The van der Waals surface area contributed by atoms with Gasteiger partial charge < -0.3 is 4.74 Å². The molecule has 0 saturated heterocycles. The minimum absolute atomic E-state index is 0.203. The Morgan fingerprint density at radius 2 is 2.43 bits per heavy atom. The summed E-state index contributed by atoms with van der Waals surface area (Å²) < 4.78 is 17.3. The molecule has 1 heterocycles. The molecule has 72 valence electrons. The van der Waals surface area contributed by atoms with E-state index in [4.69, 9.17) is 16.9 Å². The van der Waals surface area contributed by atoms with Gasteiger partial charge in [0, 0.05) is 0 Å². The van der Waals surface area contributed by atoms with Crippen LogP contribution in [0.15, 0.2) is 6.07 Å². The molecule has 0 amide bonds. The van der Waals surface area contributed by atoms with Gasteiger partial charge in [-0.25, -0.2) is 14.2 Å². The number of hydrogen-bond acceptors (Lipinski definition) is 4. The van der Waals surface area contributed by atoms with Gasteiger partial charge in [-0.2, -0.15) is 5.26 Å². The molecule has 0 saturated carbocycles. The maximum absolute atomic E-state index is 13.0. The van der Waals surface area contributed by atoms with E-state index in [-0.39, 0.29) is 10.7 Å². The number of hydrogen-bond donors (Lipinski definition) is 0. The summed E-state index contributed by atoms with van der Waals surface area (Å²) in [4.78, 5) is 14.4. The molecule has 0 N–H and O–H groups in total. The summed E-state index contributed by atoms with van der Waals surface area (Å²) in [6.45, 7) is 0. The quantitative estimate of drug-likeness (QED) is 0.525. The van der Waals surface area contributed by atoms with Crippen molar-refractivity contribution in [3.63, 3.8) is 0 Å². The van der Waals surface area contributed by atoms with Gasteiger partial charge in [-0.3, -0.25) is 0 Å². The molecule has 1 aromatic rings. The van der Waals surface area contributed by atoms with Gasteiger partial charge in [0.25, 0.3) is 0 Å². The van der Waals surface area contributed by atoms with Crippen molar-refractivity contribution in [1.82, 2.24) is 4.98 Å². The van der Waals surface area contributed by atoms with Gasteiger partial charge in [-0.05, 0) is 6.07 Å². The summed E-state index contributed by atoms with van der Waals surface area (Å²) in [5.74, 6) is -1.71. The third-order valence-electron chi connectivity index (χ3n) is 1.44. The Morgan fingerprint density at radius 3 is 2.93 bits per heavy atom. The van der Waals surface area contributed by atoms with Crippen LogP contribution in [0.4, 0.5) is 4.39 Å². The molecule has 1 rings (SSSR count). The van der Waals surface area contributed by atoms with Crippen LogP contribution in [0.1, 0.15) is 16.1 Å². The lowest BCUT2D eigenvalue weighted by Crippen LogP contribution is -2.05. The number of nitriles is 1. The van der Waals surface area contributed by atoms with Crippen molar-refractivity contribution in [3.8, 4) is 6.07 Å². The normalized spacial score (nSPS) is 9.29. The molecule has 6 heteroatoms. The van der Waals surface area contributed by atoms with Crippen molar-refractivity contribution in [2.24, 2.45) is 0 Å². The first-order valence-corrected chi connectivity index (χ1v) is 3.82. The van der Waals surface area contributed by atoms with Crippen LogP contribution in [-0.4, -0.2) is 18.1 Å². The van der Waals surface area contributed by atoms with Crippen LogP contribution in [0.2, 0.25) is 5.15 Å². The monoisotopic (exact) mass is 214 g/mol. The second-order valence-corrected chi connectivity index (χ2v) is 2.62. The third-order valence-corrected chi connectivity index (χ3v) is 1.73. The van der Waals surface area contributed by atoms with Gasteiger partial charge in [0.15, 0.2) is 11.5 Å². The predicted octanol–water partition coefficient (Wildman–Crippen LogP) is 1.53. The first kappa shape index (κ1) is 10.4. The Morgan fingerprint density at radius 1 is 1.79 bits per heavy atom.